The second kappa shape index (κ2) is 3.98. The van der Waals surface area contributed by atoms with Crippen LogP contribution in [0, 0.1) is 0 Å². The summed E-state index contributed by atoms with van der Waals surface area (Å²) in [7, 11) is 0. The fourth-order valence-electron chi connectivity index (χ4n) is 1.54. The van der Waals surface area contributed by atoms with Gasteiger partial charge in [0.2, 0.25) is 6.08 Å². The third-order valence-electron chi connectivity index (χ3n) is 2.16. The Balaban J connectivity index is 2.33. The molecule has 0 fully saturated rings. The molecule has 0 amide bonds. The highest BCUT2D eigenvalue weighted by molar-refractivity contribution is 5.65. The van der Waals surface area contributed by atoms with Crippen LogP contribution in [0.1, 0.15) is 0 Å². The van der Waals surface area contributed by atoms with E-state index in [1.807, 2.05) is 0 Å². The van der Waals surface area contributed by atoms with Crippen molar-refractivity contribution in [2.45, 2.75) is 6.17 Å². The van der Waals surface area contributed by atoms with E-state index >= 15 is 0 Å². The quantitative estimate of drug-likeness (QED) is 0.467. The number of hydrogen-bond donors (Lipinski definition) is 1. The van der Waals surface area contributed by atoms with Crippen LogP contribution >= 0.6 is 0 Å². The van der Waals surface area contributed by atoms with E-state index in [1.165, 1.54) is 17.2 Å². The minimum atomic E-state index is -0.488. The molecule has 2 aliphatic rings. The fourth-order valence-corrected chi connectivity index (χ4v) is 1.54. The van der Waals surface area contributed by atoms with E-state index in [2.05, 4.69) is 20.4 Å². The van der Waals surface area contributed by atoms with Gasteiger partial charge in [-0.25, -0.2) is 14.6 Å². The fraction of sp³-hybridized carbons (Fsp3) is 0.375. The summed E-state index contributed by atoms with van der Waals surface area (Å²) >= 11 is 0. The second-order valence-corrected chi connectivity index (χ2v) is 2.92. The number of aliphatic imine (C=N–C) groups is 2. The predicted octanol–water partition coefficient (Wildman–Crippen LogP) is -0.900. The molecule has 2 aliphatic heterocycles. The van der Waals surface area contributed by atoms with E-state index in [9.17, 15) is 9.59 Å². The molecule has 76 valence electrons. The average Bonchev–Trinajstić information content (AvgIpc) is 2.64. The standard InChI is InChI=1S/C8H7N5O2/c14-4-11-8-7-6(3-10-8)13(12-5-15)2-1-9-7/h1,8,10H,2-3H2. The molecular weight excluding hydrogens is 198 g/mol. The van der Waals surface area contributed by atoms with Crippen LogP contribution < -0.4 is 5.32 Å². The summed E-state index contributed by atoms with van der Waals surface area (Å²) < 4.78 is 0. The SMILES string of the molecule is O=C=NC1NCC2=C1N=CCN2N=C=O. The molecule has 7 heteroatoms. The number of rotatable bonds is 2. The van der Waals surface area contributed by atoms with Crippen LogP contribution in [0.2, 0.25) is 0 Å². The topological polar surface area (TPSA) is 86.5 Å². The normalized spacial score (nSPS) is 23.2. The van der Waals surface area contributed by atoms with Gasteiger partial charge in [0.15, 0.2) is 6.17 Å². The van der Waals surface area contributed by atoms with E-state index in [1.54, 1.807) is 6.21 Å². The third kappa shape index (κ3) is 1.62. The van der Waals surface area contributed by atoms with E-state index < -0.39 is 6.17 Å². The van der Waals surface area contributed by atoms with Gasteiger partial charge in [0.05, 0.1) is 12.2 Å². The molecule has 15 heavy (non-hydrogen) atoms. The summed E-state index contributed by atoms with van der Waals surface area (Å²) in [4.78, 5) is 28.0. The molecule has 0 bridgehead atoms. The van der Waals surface area contributed by atoms with Crippen LogP contribution in [0.25, 0.3) is 0 Å². The summed E-state index contributed by atoms with van der Waals surface area (Å²) in [5.74, 6) is 0. The molecular formula is C8H7N5O2. The first-order valence-electron chi connectivity index (χ1n) is 4.28. The Morgan fingerprint density at radius 3 is 3.13 bits per heavy atom. The Kier molecular flexibility index (Phi) is 2.51. The lowest BCUT2D eigenvalue weighted by Gasteiger charge is -2.19. The lowest BCUT2D eigenvalue weighted by atomic mass is 10.3. The zero-order valence-corrected chi connectivity index (χ0v) is 7.67. The van der Waals surface area contributed by atoms with Gasteiger partial charge in [0, 0.05) is 12.8 Å². The lowest BCUT2D eigenvalue weighted by Crippen LogP contribution is -2.24. The molecule has 0 radical (unpaired) electrons. The van der Waals surface area contributed by atoms with Crippen LogP contribution in [0.5, 0.6) is 0 Å². The smallest absolute Gasteiger partial charge is 0.258 e. The zero-order valence-electron chi connectivity index (χ0n) is 7.67. The Labute approximate surface area is 84.9 Å². The number of nitrogens with one attached hydrogen (secondary N) is 1. The highest BCUT2D eigenvalue weighted by Crippen LogP contribution is 2.23. The monoisotopic (exact) mass is 205 g/mol. The summed E-state index contributed by atoms with van der Waals surface area (Å²) in [5.41, 5.74) is 1.34. The van der Waals surface area contributed by atoms with E-state index in [4.69, 9.17) is 0 Å². The molecule has 1 atom stereocenters. The summed E-state index contributed by atoms with van der Waals surface area (Å²) in [6, 6.07) is 0. The average molecular weight is 205 g/mol. The molecule has 7 nitrogen and oxygen atoms in total. The number of hydrogen-bond acceptors (Lipinski definition) is 7. The number of hydrazone groups is 1. The maximum Gasteiger partial charge on any atom is 0.258 e. The van der Waals surface area contributed by atoms with Crippen LogP contribution in [0.4, 0.5) is 0 Å². The largest absolute Gasteiger partial charge is 0.284 e. The van der Waals surface area contributed by atoms with Crippen molar-refractivity contribution in [1.29, 1.82) is 0 Å². The lowest BCUT2D eigenvalue weighted by molar-refractivity contribution is 0.399. The first-order valence-corrected chi connectivity index (χ1v) is 4.28. The Hall–Kier alpha value is -2.07. The van der Waals surface area contributed by atoms with Crippen LogP contribution in [-0.2, 0) is 9.59 Å². The van der Waals surface area contributed by atoms with Gasteiger partial charge in [0.25, 0.3) is 6.08 Å². The number of nitrogens with zero attached hydrogens (tertiary/aromatic N) is 4. The van der Waals surface area contributed by atoms with Crippen molar-refractivity contribution in [3.05, 3.63) is 11.4 Å². The van der Waals surface area contributed by atoms with E-state index in [-0.39, 0.29) is 0 Å². The van der Waals surface area contributed by atoms with E-state index in [0.29, 0.717) is 18.8 Å². The van der Waals surface area contributed by atoms with Crippen molar-refractivity contribution in [3.8, 4) is 0 Å². The van der Waals surface area contributed by atoms with Crippen molar-refractivity contribution >= 4 is 18.4 Å². The minimum absolute atomic E-state index is 0.424. The van der Waals surface area contributed by atoms with Crippen molar-refractivity contribution in [2.24, 2.45) is 15.1 Å². The highest BCUT2D eigenvalue weighted by Gasteiger charge is 2.29. The summed E-state index contributed by atoms with van der Waals surface area (Å²) in [6.45, 7) is 0.890. The molecule has 2 rings (SSSR count). The summed E-state index contributed by atoms with van der Waals surface area (Å²) in [5, 5.41) is 7.93. The van der Waals surface area contributed by atoms with Gasteiger partial charge in [-0.05, 0) is 0 Å². The van der Waals surface area contributed by atoms with Gasteiger partial charge in [-0.3, -0.25) is 10.3 Å². The van der Waals surface area contributed by atoms with Crippen molar-refractivity contribution in [2.75, 3.05) is 13.1 Å². The Morgan fingerprint density at radius 1 is 1.53 bits per heavy atom. The van der Waals surface area contributed by atoms with Crippen LogP contribution in [0.15, 0.2) is 26.5 Å². The Bertz CT molecular complexity index is 428. The highest BCUT2D eigenvalue weighted by atomic mass is 16.1. The van der Waals surface area contributed by atoms with E-state index in [0.717, 1.165) is 5.70 Å². The van der Waals surface area contributed by atoms with Gasteiger partial charge in [-0.2, -0.15) is 4.99 Å². The minimum Gasteiger partial charge on any atom is -0.284 e. The van der Waals surface area contributed by atoms with Gasteiger partial charge in [-0.15, -0.1) is 0 Å². The first-order chi connectivity index (χ1) is 7.36. The molecule has 0 spiro atoms. The number of carbonyl (C=O) groups excluding carboxylic acids is 2. The number of isocyanates is 2. The molecule has 1 unspecified atom stereocenters. The van der Waals surface area contributed by atoms with Gasteiger partial charge >= 0.3 is 0 Å². The van der Waals surface area contributed by atoms with Crippen molar-refractivity contribution in [1.82, 2.24) is 10.3 Å². The third-order valence-corrected chi connectivity index (χ3v) is 2.16. The molecule has 2 heterocycles. The molecule has 1 N–H and O–H groups in total. The van der Waals surface area contributed by atoms with Crippen molar-refractivity contribution in [3.63, 3.8) is 0 Å². The second-order valence-electron chi connectivity index (χ2n) is 2.92. The summed E-state index contributed by atoms with van der Waals surface area (Å²) in [6.07, 6.45) is 4.04. The zero-order chi connectivity index (χ0) is 10.7. The predicted molar refractivity (Wildman–Crippen MR) is 50.3 cm³/mol. The maximum atomic E-state index is 10.2. The molecule has 0 aromatic rings. The first kappa shape index (κ1) is 9.48. The van der Waals surface area contributed by atoms with Crippen LogP contribution in [-0.4, -0.2) is 42.6 Å². The Morgan fingerprint density at radius 2 is 2.40 bits per heavy atom. The van der Waals surface area contributed by atoms with Crippen LogP contribution in [0.3, 0.4) is 0 Å². The molecule has 0 aliphatic carbocycles. The van der Waals surface area contributed by atoms with Gasteiger partial charge in [-0.1, -0.05) is 5.10 Å². The molecule has 0 saturated carbocycles. The molecule has 0 aromatic heterocycles. The maximum absolute atomic E-state index is 10.2. The molecule has 0 saturated heterocycles. The van der Waals surface area contributed by atoms with Gasteiger partial charge < -0.3 is 0 Å². The molecule has 0 aromatic carbocycles. The van der Waals surface area contributed by atoms with Crippen molar-refractivity contribution < 1.29 is 9.59 Å². The van der Waals surface area contributed by atoms with Gasteiger partial charge in [0.1, 0.15) is 5.70 Å².